The van der Waals surface area contributed by atoms with E-state index in [1.54, 1.807) is 16.7 Å². The van der Waals surface area contributed by atoms with Gasteiger partial charge in [-0.15, -0.1) is 11.8 Å². The second-order valence-electron chi connectivity index (χ2n) is 6.96. The van der Waals surface area contributed by atoms with Crippen molar-refractivity contribution < 1.29 is 19.4 Å². The highest BCUT2D eigenvalue weighted by atomic mass is 32.2. The SMILES string of the molecule is Cc1ccccc1SC1(CC(=O)O)CN(C(=O)OC(C)(C)C)C1. The molecule has 23 heavy (non-hydrogen) atoms. The Balaban J connectivity index is 2.08. The lowest BCUT2D eigenvalue weighted by Gasteiger charge is -2.48. The number of ether oxygens (including phenoxy) is 1. The smallest absolute Gasteiger partial charge is 0.410 e. The van der Waals surface area contributed by atoms with Gasteiger partial charge in [0.25, 0.3) is 0 Å². The fraction of sp³-hybridized carbons (Fsp3) is 0.529. The molecule has 1 saturated heterocycles. The van der Waals surface area contributed by atoms with Gasteiger partial charge in [-0.2, -0.15) is 0 Å². The summed E-state index contributed by atoms with van der Waals surface area (Å²) in [6.45, 7) is 8.22. The van der Waals surface area contributed by atoms with E-state index in [-0.39, 0.29) is 12.5 Å². The highest BCUT2D eigenvalue weighted by molar-refractivity contribution is 8.00. The third kappa shape index (κ3) is 4.64. The summed E-state index contributed by atoms with van der Waals surface area (Å²) in [7, 11) is 0. The molecular formula is C17H23NO4S. The summed E-state index contributed by atoms with van der Waals surface area (Å²) in [6.07, 6.45) is -0.366. The fourth-order valence-electron chi connectivity index (χ4n) is 2.50. The quantitative estimate of drug-likeness (QED) is 0.910. The summed E-state index contributed by atoms with van der Waals surface area (Å²) in [6, 6.07) is 7.88. The number of aliphatic carboxylic acids is 1. The third-order valence-corrected chi connectivity index (χ3v) is 5.02. The number of carboxylic acid groups (broad SMARTS) is 1. The number of hydrogen-bond donors (Lipinski definition) is 1. The Labute approximate surface area is 141 Å². The standard InChI is InChI=1S/C17H23NO4S/c1-12-7-5-6-8-13(12)23-17(9-14(19)20)10-18(11-17)15(21)22-16(2,3)4/h5-8H,9-11H2,1-4H3,(H,19,20). The zero-order chi connectivity index (χ0) is 17.3. The molecule has 5 nitrogen and oxygen atoms in total. The van der Waals surface area contributed by atoms with Crippen LogP contribution in [0.1, 0.15) is 32.8 Å². The summed E-state index contributed by atoms with van der Waals surface area (Å²) < 4.78 is 4.85. The number of carbonyl (C=O) groups excluding carboxylic acids is 1. The van der Waals surface area contributed by atoms with Crippen LogP contribution in [0.25, 0.3) is 0 Å². The lowest BCUT2D eigenvalue weighted by molar-refractivity contribution is -0.138. The number of rotatable bonds is 4. The molecule has 2 rings (SSSR count). The Morgan fingerprint density at radius 3 is 2.43 bits per heavy atom. The number of carbonyl (C=O) groups is 2. The van der Waals surface area contributed by atoms with E-state index in [0.717, 1.165) is 10.5 Å². The van der Waals surface area contributed by atoms with Gasteiger partial charge in [0.2, 0.25) is 0 Å². The maximum absolute atomic E-state index is 12.1. The predicted molar refractivity (Wildman–Crippen MR) is 89.8 cm³/mol. The third-order valence-electron chi connectivity index (χ3n) is 3.50. The van der Waals surface area contributed by atoms with Gasteiger partial charge in [0, 0.05) is 18.0 Å². The van der Waals surface area contributed by atoms with Gasteiger partial charge in [0.1, 0.15) is 5.60 Å². The molecule has 1 fully saturated rings. The molecule has 0 aromatic heterocycles. The van der Waals surface area contributed by atoms with Crippen LogP contribution in [-0.2, 0) is 9.53 Å². The minimum absolute atomic E-state index is 0.0191. The van der Waals surface area contributed by atoms with E-state index >= 15 is 0 Å². The Kier molecular flexibility index (Phi) is 4.94. The summed E-state index contributed by atoms with van der Waals surface area (Å²) in [5.41, 5.74) is 0.559. The summed E-state index contributed by atoms with van der Waals surface area (Å²) in [5, 5.41) is 9.22. The number of amides is 1. The summed E-state index contributed by atoms with van der Waals surface area (Å²) in [4.78, 5) is 25.9. The number of benzene rings is 1. The van der Waals surface area contributed by atoms with E-state index in [1.165, 1.54) is 0 Å². The Bertz CT molecular complexity index is 603. The molecule has 0 atom stereocenters. The topological polar surface area (TPSA) is 66.8 Å². The Morgan fingerprint density at radius 1 is 1.30 bits per heavy atom. The zero-order valence-corrected chi connectivity index (χ0v) is 14.8. The molecule has 1 amide bonds. The predicted octanol–water partition coefficient (Wildman–Crippen LogP) is 3.55. The van der Waals surface area contributed by atoms with E-state index < -0.39 is 16.3 Å². The van der Waals surface area contributed by atoms with Crippen LogP contribution in [0.5, 0.6) is 0 Å². The van der Waals surface area contributed by atoms with Gasteiger partial charge in [-0.3, -0.25) is 4.79 Å². The van der Waals surface area contributed by atoms with E-state index in [4.69, 9.17) is 4.74 Å². The Hall–Kier alpha value is -1.69. The highest BCUT2D eigenvalue weighted by Gasteiger charge is 2.48. The maximum Gasteiger partial charge on any atom is 0.410 e. The van der Waals surface area contributed by atoms with Crippen LogP contribution in [0.3, 0.4) is 0 Å². The molecule has 1 heterocycles. The molecule has 0 unspecified atom stereocenters. The minimum atomic E-state index is -0.852. The van der Waals surface area contributed by atoms with Crippen molar-refractivity contribution in [1.29, 1.82) is 0 Å². The minimum Gasteiger partial charge on any atom is -0.481 e. The van der Waals surface area contributed by atoms with Crippen molar-refractivity contribution in [2.24, 2.45) is 0 Å². The number of carboxylic acids is 1. The van der Waals surface area contributed by atoms with Crippen LogP contribution in [0.15, 0.2) is 29.2 Å². The van der Waals surface area contributed by atoms with Crippen molar-refractivity contribution in [3.63, 3.8) is 0 Å². The van der Waals surface area contributed by atoms with Gasteiger partial charge in [0.15, 0.2) is 0 Å². The average Bonchev–Trinajstić information content (AvgIpc) is 2.35. The molecule has 0 aliphatic carbocycles. The van der Waals surface area contributed by atoms with Crippen molar-refractivity contribution in [3.8, 4) is 0 Å². The number of hydrogen-bond acceptors (Lipinski definition) is 4. The molecule has 126 valence electrons. The van der Waals surface area contributed by atoms with E-state index in [2.05, 4.69) is 0 Å². The van der Waals surface area contributed by atoms with Crippen LogP contribution in [0.2, 0.25) is 0 Å². The van der Waals surface area contributed by atoms with Gasteiger partial charge in [-0.1, -0.05) is 18.2 Å². The highest BCUT2D eigenvalue weighted by Crippen LogP contribution is 2.44. The second kappa shape index (κ2) is 6.43. The first-order chi connectivity index (χ1) is 10.6. The van der Waals surface area contributed by atoms with Gasteiger partial charge >= 0.3 is 12.1 Å². The van der Waals surface area contributed by atoms with Crippen LogP contribution in [0.4, 0.5) is 4.79 Å². The maximum atomic E-state index is 12.1. The molecule has 1 aromatic rings. The molecule has 1 aliphatic heterocycles. The van der Waals surface area contributed by atoms with Gasteiger partial charge in [0.05, 0.1) is 11.2 Å². The second-order valence-corrected chi connectivity index (χ2v) is 8.47. The van der Waals surface area contributed by atoms with Gasteiger partial charge < -0.3 is 14.7 Å². The molecule has 1 aromatic carbocycles. The first kappa shape index (κ1) is 17.7. The summed E-state index contributed by atoms with van der Waals surface area (Å²) in [5.74, 6) is -0.852. The zero-order valence-electron chi connectivity index (χ0n) is 14.0. The molecule has 1 N–H and O–H groups in total. The van der Waals surface area contributed by atoms with Crippen molar-refractivity contribution in [3.05, 3.63) is 29.8 Å². The van der Waals surface area contributed by atoms with Gasteiger partial charge in [-0.05, 0) is 39.3 Å². The number of thioether (sulfide) groups is 1. The Morgan fingerprint density at radius 2 is 1.91 bits per heavy atom. The summed E-state index contributed by atoms with van der Waals surface area (Å²) >= 11 is 1.54. The van der Waals surface area contributed by atoms with Crippen molar-refractivity contribution in [2.45, 2.75) is 49.4 Å². The molecule has 0 bridgehead atoms. The van der Waals surface area contributed by atoms with Crippen LogP contribution in [-0.4, -0.2) is 45.5 Å². The fourth-order valence-corrected chi connectivity index (χ4v) is 3.98. The van der Waals surface area contributed by atoms with Gasteiger partial charge in [-0.25, -0.2) is 4.79 Å². The first-order valence-corrected chi connectivity index (χ1v) is 8.36. The van der Waals surface area contributed by atoms with Crippen LogP contribution < -0.4 is 0 Å². The number of aryl methyl sites for hydroxylation is 1. The van der Waals surface area contributed by atoms with Crippen molar-refractivity contribution in [2.75, 3.05) is 13.1 Å². The molecule has 0 spiro atoms. The molecular weight excluding hydrogens is 314 g/mol. The molecule has 0 saturated carbocycles. The van der Waals surface area contributed by atoms with Crippen LogP contribution >= 0.6 is 11.8 Å². The molecule has 1 aliphatic rings. The van der Waals surface area contributed by atoms with Crippen molar-refractivity contribution >= 4 is 23.8 Å². The molecule has 6 heteroatoms. The molecule has 0 radical (unpaired) electrons. The number of nitrogens with zero attached hydrogens (tertiary/aromatic N) is 1. The van der Waals surface area contributed by atoms with E-state index in [9.17, 15) is 14.7 Å². The normalized spacial score (nSPS) is 16.6. The lowest BCUT2D eigenvalue weighted by Crippen LogP contribution is -2.62. The van der Waals surface area contributed by atoms with Crippen LogP contribution in [0, 0.1) is 6.92 Å². The van der Waals surface area contributed by atoms with E-state index in [1.807, 2.05) is 52.0 Å². The lowest BCUT2D eigenvalue weighted by atomic mass is 9.95. The average molecular weight is 337 g/mol. The first-order valence-electron chi connectivity index (χ1n) is 7.55. The van der Waals surface area contributed by atoms with Crippen molar-refractivity contribution in [1.82, 2.24) is 4.90 Å². The monoisotopic (exact) mass is 337 g/mol. The van der Waals surface area contributed by atoms with E-state index in [0.29, 0.717) is 13.1 Å². The largest absolute Gasteiger partial charge is 0.481 e. The number of likely N-dealkylation sites (tertiary alicyclic amines) is 1.